The van der Waals surface area contributed by atoms with Gasteiger partial charge in [0.25, 0.3) is 0 Å². The van der Waals surface area contributed by atoms with Crippen LogP contribution in [0.1, 0.15) is 35.0 Å². The van der Waals surface area contributed by atoms with E-state index >= 15 is 0 Å². The Labute approximate surface area is 113 Å². The Kier molecular flexibility index (Phi) is 3.79. The first-order valence-electron chi connectivity index (χ1n) is 5.44. The van der Waals surface area contributed by atoms with Crippen LogP contribution in [-0.2, 0) is 6.54 Å². The number of carbonyl (C=O) groups excluding carboxylic acids is 1. The van der Waals surface area contributed by atoms with E-state index in [9.17, 15) is 4.79 Å². The maximum Gasteiger partial charge on any atom is 0.213 e. The monoisotopic (exact) mass is 312 g/mol. The normalized spacial score (nSPS) is 10.8. The summed E-state index contributed by atoms with van der Waals surface area (Å²) in [7, 11) is 0. The maximum atomic E-state index is 12.4. The van der Waals surface area contributed by atoms with Gasteiger partial charge in [0.2, 0.25) is 5.78 Å². The summed E-state index contributed by atoms with van der Waals surface area (Å²) < 4.78 is 2.53. The molecule has 0 saturated carbocycles. The zero-order valence-electron chi connectivity index (χ0n) is 9.74. The Morgan fingerprint density at radius 2 is 2.29 bits per heavy atom. The third-order valence-electron chi connectivity index (χ3n) is 2.55. The van der Waals surface area contributed by atoms with Gasteiger partial charge in [0, 0.05) is 17.5 Å². The lowest BCUT2D eigenvalue weighted by Crippen LogP contribution is -2.12. The first-order valence-corrected chi connectivity index (χ1v) is 7.17. The topological polar surface area (TPSA) is 34.9 Å². The summed E-state index contributed by atoms with van der Waals surface area (Å²) in [6, 6.07) is 0. The summed E-state index contributed by atoms with van der Waals surface area (Å²) in [5.74, 6) is 0.0431. The number of hydrogen-bond donors (Lipinski definition) is 0. The molecule has 0 amide bonds. The van der Waals surface area contributed by atoms with Gasteiger partial charge in [-0.1, -0.05) is 6.92 Å². The standard InChI is InChI=1S/C12H13BrN2OS/c1-3-4-15-11(10(13)5-14-15)12(16)9-7-17-6-8(9)2/h5-7H,3-4H2,1-2H3. The van der Waals surface area contributed by atoms with Crippen molar-refractivity contribution in [2.24, 2.45) is 0 Å². The largest absolute Gasteiger partial charge is 0.287 e. The minimum absolute atomic E-state index is 0.0431. The van der Waals surface area contributed by atoms with E-state index in [0.29, 0.717) is 5.69 Å². The molecule has 0 N–H and O–H groups in total. The molecule has 0 unspecified atom stereocenters. The van der Waals surface area contributed by atoms with Gasteiger partial charge in [0.05, 0.1) is 10.7 Å². The van der Waals surface area contributed by atoms with E-state index in [1.807, 2.05) is 17.7 Å². The first-order chi connectivity index (χ1) is 8.15. The average molecular weight is 313 g/mol. The molecule has 0 bridgehead atoms. The number of nitrogens with zero attached hydrogens (tertiary/aromatic N) is 2. The van der Waals surface area contributed by atoms with Crippen molar-refractivity contribution in [3.8, 4) is 0 Å². The van der Waals surface area contributed by atoms with Crippen molar-refractivity contribution in [2.75, 3.05) is 0 Å². The highest BCUT2D eigenvalue weighted by Gasteiger charge is 2.20. The second-order valence-corrected chi connectivity index (χ2v) is 5.46. The van der Waals surface area contributed by atoms with Crippen molar-refractivity contribution in [3.63, 3.8) is 0 Å². The van der Waals surface area contributed by atoms with E-state index in [-0.39, 0.29) is 5.78 Å². The number of carbonyl (C=O) groups is 1. The Balaban J connectivity index is 2.43. The van der Waals surface area contributed by atoms with Gasteiger partial charge in [-0.25, -0.2) is 0 Å². The number of hydrogen-bond acceptors (Lipinski definition) is 3. The molecule has 0 fully saturated rings. The highest BCUT2D eigenvalue weighted by atomic mass is 79.9. The summed E-state index contributed by atoms with van der Waals surface area (Å²) in [4.78, 5) is 12.4. The fourth-order valence-corrected chi connectivity index (χ4v) is 2.99. The van der Waals surface area contributed by atoms with Crippen molar-refractivity contribution in [2.45, 2.75) is 26.8 Å². The molecule has 90 valence electrons. The van der Waals surface area contributed by atoms with E-state index in [0.717, 1.165) is 28.6 Å². The Morgan fingerprint density at radius 3 is 2.88 bits per heavy atom. The molecule has 0 saturated heterocycles. The lowest BCUT2D eigenvalue weighted by Gasteiger charge is -2.05. The number of aromatic nitrogens is 2. The van der Waals surface area contributed by atoms with E-state index < -0.39 is 0 Å². The number of rotatable bonds is 4. The zero-order valence-corrected chi connectivity index (χ0v) is 12.1. The van der Waals surface area contributed by atoms with E-state index in [1.165, 1.54) is 0 Å². The summed E-state index contributed by atoms with van der Waals surface area (Å²) in [5, 5.41) is 8.10. The van der Waals surface area contributed by atoms with E-state index in [1.54, 1.807) is 22.2 Å². The molecule has 2 aromatic heterocycles. The van der Waals surface area contributed by atoms with Crippen molar-refractivity contribution >= 4 is 33.0 Å². The predicted octanol–water partition coefficient (Wildman–Crippen LogP) is 3.66. The molecule has 17 heavy (non-hydrogen) atoms. The summed E-state index contributed by atoms with van der Waals surface area (Å²) in [6.07, 6.45) is 2.64. The number of thiophene rings is 1. The molecule has 0 spiro atoms. The van der Waals surface area contributed by atoms with Crippen molar-refractivity contribution in [3.05, 3.63) is 38.3 Å². The zero-order chi connectivity index (χ0) is 12.4. The Hall–Kier alpha value is -0.940. The molecule has 3 nitrogen and oxygen atoms in total. The van der Waals surface area contributed by atoms with Crippen LogP contribution in [0.3, 0.4) is 0 Å². The Bertz CT molecular complexity index is 544. The summed E-state index contributed by atoms with van der Waals surface area (Å²) in [6.45, 7) is 4.79. The van der Waals surface area contributed by atoms with Crippen LogP contribution in [0.25, 0.3) is 0 Å². The second-order valence-electron chi connectivity index (χ2n) is 3.86. The predicted molar refractivity (Wildman–Crippen MR) is 72.7 cm³/mol. The van der Waals surface area contributed by atoms with Crippen LogP contribution in [0, 0.1) is 6.92 Å². The quantitative estimate of drug-likeness (QED) is 0.808. The van der Waals surface area contributed by atoms with Crippen LogP contribution >= 0.6 is 27.3 Å². The van der Waals surface area contributed by atoms with Gasteiger partial charge in [-0.2, -0.15) is 16.4 Å². The molecular formula is C12H13BrN2OS. The first kappa shape index (κ1) is 12.5. The molecule has 2 aromatic rings. The lowest BCUT2D eigenvalue weighted by molar-refractivity contribution is 0.102. The van der Waals surface area contributed by atoms with Crippen LogP contribution < -0.4 is 0 Å². The van der Waals surface area contributed by atoms with Crippen LogP contribution in [0.2, 0.25) is 0 Å². The molecule has 0 radical (unpaired) electrons. The fraction of sp³-hybridized carbons (Fsp3) is 0.333. The minimum Gasteiger partial charge on any atom is -0.287 e. The molecule has 5 heteroatoms. The average Bonchev–Trinajstić information content (AvgIpc) is 2.86. The highest BCUT2D eigenvalue weighted by Crippen LogP contribution is 2.23. The van der Waals surface area contributed by atoms with E-state index in [2.05, 4.69) is 28.0 Å². The van der Waals surface area contributed by atoms with Gasteiger partial charge in [-0.05, 0) is 40.2 Å². The van der Waals surface area contributed by atoms with Crippen LogP contribution in [-0.4, -0.2) is 15.6 Å². The molecule has 0 atom stereocenters. The molecule has 0 aliphatic rings. The van der Waals surface area contributed by atoms with Gasteiger partial charge in [-0.15, -0.1) is 0 Å². The molecule has 0 aliphatic heterocycles. The number of aryl methyl sites for hydroxylation is 2. The van der Waals surface area contributed by atoms with Crippen molar-refractivity contribution in [1.29, 1.82) is 0 Å². The summed E-state index contributed by atoms with van der Waals surface area (Å²) >= 11 is 4.95. The number of ketones is 1. The van der Waals surface area contributed by atoms with Crippen molar-refractivity contribution < 1.29 is 4.79 Å². The minimum atomic E-state index is 0.0431. The Morgan fingerprint density at radius 1 is 1.53 bits per heavy atom. The molecular weight excluding hydrogens is 300 g/mol. The van der Waals surface area contributed by atoms with Gasteiger partial charge in [0.1, 0.15) is 5.69 Å². The van der Waals surface area contributed by atoms with Gasteiger partial charge < -0.3 is 0 Å². The SMILES string of the molecule is CCCn1ncc(Br)c1C(=O)c1cscc1C. The van der Waals surface area contributed by atoms with Crippen LogP contribution in [0.4, 0.5) is 0 Å². The van der Waals surface area contributed by atoms with Gasteiger partial charge >= 0.3 is 0 Å². The third-order valence-corrected chi connectivity index (χ3v) is 3.99. The van der Waals surface area contributed by atoms with E-state index in [4.69, 9.17) is 0 Å². The third kappa shape index (κ3) is 2.35. The number of halogens is 1. The van der Waals surface area contributed by atoms with Crippen LogP contribution in [0.5, 0.6) is 0 Å². The second kappa shape index (κ2) is 5.14. The molecule has 0 aliphatic carbocycles. The van der Waals surface area contributed by atoms with Gasteiger partial charge in [-0.3, -0.25) is 9.48 Å². The molecule has 2 rings (SSSR count). The molecule has 0 aromatic carbocycles. The van der Waals surface area contributed by atoms with Gasteiger partial charge in [0.15, 0.2) is 0 Å². The smallest absolute Gasteiger partial charge is 0.213 e. The highest BCUT2D eigenvalue weighted by molar-refractivity contribution is 9.10. The fourth-order valence-electron chi connectivity index (χ4n) is 1.69. The maximum absolute atomic E-state index is 12.4. The van der Waals surface area contributed by atoms with Crippen LogP contribution in [0.15, 0.2) is 21.4 Å². The van der Waals surface area contributed by atoms with Crippen molar-refractivity contribution in [1.82, 2.24) is 9.78 Å². The lowest BCUT2D eigenvalue weighted by atomic mass is 10.1. The molecule has 2 heterocycles. The summed E-state index contributed by atoms with van der Waals surface area (Å²) in [5.41, 5.74) is 2.44.